The minimum atomic E-state index is -0.521. The summed E-state index contributed by atoms with van der Waals surface area (Å²) in [7, 11) is 0. The molecule has 1 rings (SSSR count). The van der Waals surface area contributed by atoms with Crippen molar-refractivity contribution in [1.29, 1.82) is 0 Å². The molecule has 0 aliphatic carbocycles. The molecule has 1 aromatic carbocycles. The largest absolute Gasteiger partial charge is 0.482 e. The first-order valence-corrected chi connectivity index (χ1v) is 5.41. The SMILES string of the molecule is CCNCc1ccc(OCC(N)=O)c(Cl)c1. The fourth-order valence-corrected chi connectivity index (χ4v) is 1.45. The smallest absolute Gasteiger partial charge is 0.255 e. The third-order valence-corrected chi connectivity index (χ3v) is 2.24. The van der Waals surface area contributed by atoms with Gasteiger partial charge in [-0.15, -0.1) is 0 Å². The molecule has 0 unspecified atom stereocenters. The zero-order chi connectivity index (χ0) is 12.0. The van der Waals surface area contributed by atoms with Gasteiger partial charge in [0.25, 0.3) is 5.91 Å². The van der Waals surface area contributed by atoms with Crippen molar-refractivity contribution in [3.8, 4) is 5.75 Å². The Balaban J connectivity index is 2.63. The Labute approximate surface area is 99.7 Å². The first-order chi connectivity index (χ1) is 7.63. The average Bonchev–Trinajstić information content (AvgIpc) is 2.24. The molecule has 4 nitrogen and oxygen atoms in total. The van der Waals surface area contributed by atoms with Crippen molar-refractivity contribution in [3.63, 3.8) is 0 Å². The van der Waals surface area contributed by atoms with Crippen LogP contribution in [0.5, 0.6) is 5.75 Å². The van der Waals surface area contributed by atoms with Gasteiger partial charge in [0.1, 0.15) is 5.75 Å². The van der Waals surface area contributed by atoms with Crippen LogP contribution in [-0.4, -0.2) is 19.1 Å². The number of benzene rings is 1. The maximum absolute atomic E-state index is 10.5. The van der Waals surface area contributed by atoms with Crippen LogP contribution in [0.2, 0.25) is 5.02 Å². The molecule has 16 heavy (non-hydrogen) atoms. The van der Waals surface area contributed by atoms with Crippen molar-refractivity contribution in [3.05, 3.63) is 28.8 Å². The molecule has 0 spiro atoms. The van der Waals surface area contributed by atoms with Crippen molar-refractivity contribution < 1.29 is 9.53 Å². The second kappa shape index (κ2) is 6.35. The van der Waals surface area contributed by atoms with Gasteiger partial charge in [0, 0.05) is 6.54 Å². The fourth-order valence-electron chi connectivity index (χ4n) is 1.19. The van der Waals surface area contributed by atoms with E-state index in [4.69, 9.17) is 22.1 Å². The number of halogens is 1. The van der Waals surface area contributed by atoms with Gasteiger partial charge in [-0.2, -0.15) is 0 Å². The third kappa shape index (κ3) is 4.08. The van der Waals surface area contributed by atoms with E-state index in [9.17, 15) is 4.79 Å². The number of hydrogen-bond acceptors (Lipinski definition) is 3. The van der Waals surface area contributed by atoms with Gasteiger partial charge in [0.2, 0.25) is 0 Å². The number of nitrogens with two attached hydrogens (primary N) is 1. The zero-order valence-corrected chi connectivity index (χ0v) is 9.88. The second-order valence-corrected chi connectivity index (χ2v) is 3.71. The molecule has 0 aromatic heterocycles. The molecule has 0 aliphatic heterocycles. The summed E-state index contributed by atoms with van der Waals surface area (Å²) in [6.07, 6.45) is 0. The van der Waals surface area contributed by atoms with Crippen molar-refractivity contribution in [2.45, 2.75) is 13.5 Å². The maximum Gasteiger partial charge on any atom is 0.255 e. The highest BCUT2D eigenvalue weighted by molar-refractivity contribution is 6.32. The van der Waals surface area contributed by atoms with Gasteiger partial charge in [0.05, 0.1) is 5.02 Å². The van der Waals surface area contributed by atoms with E-state index >= 15 is 0 Å². The predicted octanol–water partition coefficient (Wildman–Crippen LogP) is 1.31. The fraction of sp³-hybridized carbons (Fsp3) is 0.364. The summed E-state index contributed by atoms with van der Waals surface area (Å²) in [4.78, 5) is 10.5. The molecule has 0 saturated carbocycles. The van der Waals surface area contributed by atoms with Gasteiger partial charge in [-0.05, 0) is 24.2 Å². The third-order valence-electron chi connectivity index (χ3n) is 1.95. The van der Waals surface area contributed by atoms with Crippen LogP contribution in [0.15, 0.2) is 18.2 Å². The van der Waals surface area contributed by atoms with Crippen LogP contribution < -0.4 is 15.8 Å². The number of rotatable bonds is 6. The van der Waals surface area contributed by atoms with Gasteiger partial charge in [0.15, 0.2) is 6.61 Å². The lowest BCUT2D eigenvalue weighted by Gasteiger charge is -2.08. The molecule has 0 aliphatic rings. The van der Waals surface area contributed by atoms with E-state index in [1.165, 1.54) is 0 Å². The van der Waals surface area contributed by atoms with Crippen LogP contribution >= 0.6 is 11.6 Å². The van der Waals surface area contributed by atoms with Gasteiger partial charge in [-0.25, -0.2) is 0 Å². The molecule has 1 amide bonds. The number of nitrogens with one attached hydrogen (secondary N) is 1. The lowest BCUT2D eigenvalue weighted by atomic mass is 10.2. The van der Waals surface area contributed by atoms with Gasteiger partial charge in [-0.1, -0.05) is 24.6 Å². The van der Waals surface area contributed by atoms with E-state index in [1.807, 2.05) is 13.0 Å². The summed E-state index contributed by atoms with van der Waals surface area (Å²) < 4.78 is 5.13. The van der Waals surface area contributed by atoms with E-state index in [0.29, 0.717) is 10.8 Å². The van der Waals surface area contributed by atoms with Crippen molar-refractivity contribution in [2.75, 3.05) is 13.2 Å². The Hall–Kier alpha value is -1.26. The van der Waals surface area contributed by atoms with Gasteiger partial charge >= 0.3 is 0 Å². The number of carbonyl (C=O) groups is 1. The molecule has 0 saturated heterocycles. The highest BCUT2D eigenvalue weighted by Crippen LogP contribution is 2.25. The molecule has 0 fully saturated rings. The van der Waals surface area contributed by atoms with E-state index in [1.54, 1.807) is 12.1 Å². The molecule has 88 valence electrons. The molecule has 3 N–H and O–H groups in total. The summed E-state index contributed by atoms with van der Waals surface area (Å²) in [5, 5.41) is 3.67. The van der Waals surface area contributed by atoms with Crippen molar-refractivity contribution >= 4 is 17.5 Å². The van der Waals surface area contributed by atoms with E-state index in [2.05, 4.69) is 5.32 Å². The summed E-state index contributed by atoms with van der Waals surface area (Å²) in [6.45, 7) is 3.53. The number of hydrogen-bond donors (Lipinski definition) is 2. The molecule has 5 heteroatoms. The Morgan fingerprint density at radius 2 is 2.31 bits per heavy atom. The molecule has 0 heterocycles. The predicted molar refractivity (Wildman–Crippen MR) is 63.5 cm³/mol. The molecule has 1 aromatic rings. The van der Waals surface area contributed by atoms with Crippen LogP contribution in [0.3, 0.4) is 0 Å². The van der Waals surface area contributed by atoms with Crippen LogP contribution in [0.1, 0.15) is 12.5 Å². The Morgan fingerprint density at radius 3 is 2.88 bits per heavy atom. The molecule has 0 radical (unpaired) electrons. The Bertz CT molecular complexity index is 369. The van der Waals surface area contributed by atoms with Crippen LogP contribution in [-0.2, 0) is 11.3 Å². The van der Waals surface area contributed by atoms with Crippen LogP contribution in [0.25, 0.3) is 0 Å². The quantitative estimate of drug-likeness (QED) is 0.791. The van der Waals surface area contributed by atoms with Crippen LogP contribution in [0, 0.1) is 0 Å². The van der Waals surface area contributed by atoms with E-state index in [-0.39, 0.29) is 6.61 Å². The summed E-state index contributed by atoms with van der Waals surface area (Å²) in [5.74, 6) is -0.0477. The molecular formula is C11H15ClN2O2. The Morgan fingerprint density at radius 1 is 1.56 bits per heavy atom. The second-order valence-electron chi connectivity index (χ2n) is 3.30. The summed E-state index contributed by atoms with van der Waals surface area (Å²) >= 11 is 5.99. The zero-order valence-electron chi connectivity index (χ0n) is 9.13. The standard InChI is InChI=1S/C11H15ClN2O2/c1-2-14-6-8-3-4-10(9(12)5-8)16-7-11(13)15/h3-5,14H,2,6-7H2,1H3,(H2,13,15). The molecular weight excluding hydrogens is 228 g/mol. The molecule has 0 bridgehead atoms. The highest BCUT2D eigenvalue weighted by Gasteiger charge is 2.04. The average molecular weight is 243 g/mol. The van der Waals surface area contributed by atoms with Crippen molar-refractivity contribution in [1.82, 2.24) is 5.32 Å². The van der Waals surface area contributed by atoms with Crippen LogP contribution in [0.4, 0.5) is 0 Å². The van der Waals surface area contributed by atoms with E-state index in [0.717, 1.165) is 18.7 Å². The topological polar surface area (TPSA) is 64.3 Å². The highest BCUT2D eigenvalue weighted by atomic mass is 35.5. The lowest BCUT2D eigenvalue weighted by Crippen LogP contribution is -2.20. The minimum Gasteiger partial charge on any atom is -0.482 e. The number of amides is 1. The summed E-state index contributed by atoms with van der Waals surface area (Å²) in [5.41, 5.74) is 6.04. The van der Waals surface area contributed by atoms with Crippen molar-refractivity contribution in [2.24, 2.45) is 5.73 Å². The monoisotopic (exact) mass is 242 g/mol. The normalized spacial score (nSPS) is 10.1. The van der Waals surface area contributed by atoms with Gasteiger partial charge < -0.3 is 15.8 Å². The first kappa shape index (κ1) is 12.8. The Kier molecular flexibility index (Phi) is 5.08. The summed E-state index contributed by atoms with van der Waals surface area (Å²) in [6, 6.07) is 5.43. The van der Waals surface area contributed by atoms with E-state index < -0.39 is 5.91 Å². The minimum absolute atomic E-state index is 0.160. The number of primary amides is 1. The number of carbonyl (C=O) groups excluding carboxylic acids is 1. The first-order valence-electron chi connectivity index (χ1n) is 5.03. The molecule has 0 atom stereocenters. The lowest BCUT2D eigenvalue weighted by molar-refractivity contribution is -0.119. The van der Waals surface area contributed by atoms with Gasteiger partial charge in [-0.3, -0.25) is 4.79 Å². The number of ether oxygens (including phenoxy) is 1. The maximum atomic E-state index is 10.5.